The lowest BCUT2D eigenvalue weighted by Gasteiger charge is -2.32. The predicted octanol–water partition coefficient (Wildman–Crippen LogP) is 2.45. The van der Waals surface area contributed by atoms with E-state index in [2.05, 4.69) is 15.5 Å². The molecule has 0 spiro atoms. The second-order valence-electron chi connectivity index (χ2n) is 10.2. The molecule has 5 N–H and O–H groups in total. The first kappa shape index (κ1) is 30.5. The average Bonchev–Trinajstić information content (AvgIpc) is 3.36. The molecule has 1 aliphatic heterocycles. The Balaban J connectivity index is 0.00000441. The lowest BCUT2D eigenvalue weighted by molar-refractivity contribution is -0.126. The van der Waals surface area contributed by atoms with Crippen LogP contribution >= 0.6 is 0 Å². The van der Waals surface area contributed by atoms with Gasteiger partial charge in [-0.2, -0.15) is 0 Å². The van der Waals surface area contributed by atoms with Crippen molar-refractivity contribution in [1.29, 1.82) is 0 Å². The summed E-state index contributed by atoms with van der Waals surface area (Å²) in [6, 6.07) is 13.6. The molecule has 2 atom stereocenters. The molecule has 1 aromatic carbocycles. The number of benzene rings is 1. The molecule has 40 heavy (non-hydrogen) atoms. The molecule has 0 bridgehead atoms. The van der Waals surface area contributed by atoms with Crippen molar-refractivity contribution in [2.45, 2.75) is 71.4 Å². The summed E-state index contributed by atoms with van der Waals surface area (Å²) < 4.78 is 13.3. The number of nitrogens with zero attached hydrogens (tertiary/aromatic N) is 4. The molecule has 1 saturated heterocycles. The number of fused-ring (bicyclic) bond motifs is 1. The van der Waals surface area contributed by atoms with Gasteiger partial charge in [-0.15, -0.1) is 10.2 Å². The Morgan fingerprint density at radius 2 is 1.82 bits per heavy atom. The van der Waals surface area contributed by atoms with Crippen molar-refractivity contribution in [2.24, 2.45) is 11.5 Å². The summed E-state index contributed by atoms with van der Waals surface area (Å²) in [5.41, 5.74) is 12.5. The van der Waals surface area contributed by atoms with E-state index in [9.17, 15) is 14.4 Å². The van der Waals surface area contributed by atoms with Crippen LogP contribution < -0.4 is 16.8 Å². The van der Waals surface area contributed by atoms with Gasteiger partial charge >= 0.3 is 6.09 Å². The van der Waals surface area contributed by atoms with Crippen LogP contribution in [0, 0.1) is 0 Å². The molecule has 2 aromatic heterocycles. The van der Waals surface area contributed by atoms with E-state index in [1.165, 1.54) is 4.90 Å². The topological polar surface area (TPSA) is 167 Å². The molecule has 1 fully saturated rings. The SMILES string of the molecule is C.CC(C)(N)C(=O)N[C@H](COCc1ccccc1)c1nnc2cccc(COC(=O)N3CCCC[C@@H]3C(N)=O)n12. The number of hydrogen-bond donors (Lipinski definition) is 3. The first-order valence-corrected chi connectivity index (χ1v) is 12.9. The minimum atomic E-state index is -1.14. The number of rotatable bonds is 10. The number of aromatic nitrogens is 3. The lowest BCUT2D eigenvalue weighted by Crippen LogP contribution is -2.51. The van der Waals surface area contributed by atoms with Crippen LogP contribution in [0.3, 0.4) is 0 Å². The van der Waals surface area contributed by atoms with Gasteiger partial charge in [0.2, 0.25) is 11.8 Å². The average molecular weight is 554 g/mol. The molecular weight excluding hydrogens is 514 g/mol. The van der Waals surface area contributed by atoms with E-state index in [0.717, 1.165) is 18.4 Å². The lowest BCUT2D eigenvalue weighted by atomic mass is 10.0. The third-order valence-corrected chi connectivity index (χ3v) is 6.54. The van der Waals surface area contributed by atoms with Gasteiger partial charge in [-0.3, -0.25) is 18.9 Å². The normalized spacial score (nSPS) is 16.2. The van der Waals surface area contributed by atoms with E-state index >= 15 is 0 Å². The summed E-state index contributed by atoms with van der Waals surface area (Å²) in [5, 5.41) is 11.5. The summed E-state index contributed by atoms with van der Waals surface area (Å²) in [4.78, 5) is 38.9. The van der Waals surface area contributed by atoms with Gasteiger partial charge in [0.1, 0.15) is 18.7 Å². The largest absolute Gasteiger partial charge is 0.443 e. The number of carbonyl (C=O) groups is 3. The third-order valence-electron chi connectivity index (χ3n) is 6.54. The first-order chi connectivity index (χ1) is 18.6. The second kappa shape index (κ2) is 13.4. The highest BCUT2D eigenvalue weighted by atomic mass is 16.6. The highest BCUT2D eigenvalue weighted by Crippen LogP contribution is 2.21. The smallest absolute Gasteiger partial charge is 0.410 e. The highest BCUT2D eigenvalue weighted by Gasteiger charge is 2.32. The maximum absolute atomic E-state index is 12.9. The van der Waals surface area contributed by atoms with Crippen LogP contribution in [0.5, 0.6) is 0 Å². The summed E-state index contributed by atoms with van der Waals surface area (Å²) in [7, 11) is 0. The van der Waals surface area contributed by atoms with Crippen LogP contribution in [0.2, 0.25) is 0 Å². The van der Waals surface area contributed by atoms with E-state index in [1.54, 1.807) is 36.4 Å². The number of nitrogens with one attached hydrogen (secondary N) is 1. The van der Waals surface area contributed by atoms with Crippen LogP contribution in [0.1, 0.15) is 63.7 Å². The highest BCUT2D eigenvalue weighted by molar-refractivity contribution is 5.85. The van der Waals surface area contributed by atoms with Gasteiger partial charge in [-0.25, -0.2) is 4.79 Å². The standard InChI is InChI=1S/C27H35N7O5.CH4/c1-27(2,29)25(36)30-20(17-38-15-18-9-4-3-5-10-18)24-32-31-22-13-8-11-19(34(22)24)16-39-26(37)33-14-7-6-12-21(33)23(28)35;/h3-5,8-11,13,20-21H,6-7,12,14-17,29H2,1-2H3,(H2,28,35)(H,30,36);1H4/t20-,21-;/m1./s1. The van der Waals surface area contributed by atoms with Crippen molar-refractivity contribution < 1.29 is 23.9 Å². The van der Waals surface area contributed by atoms with Crippen LogP contribution in [-0.2, 0) is 32.3 Å². The Labute approximate surface area is 234 Å². The molecule has 0 unspecified atom stereocenters. The Morgan fingerprint density at radius 3 is 2.52 bits per heavy atom. The second-order valence-corrected chi connectivity index (χ2v) is 10.2. The minimum Gasteiger partial charge on any atom is -0.443 e. The molecule has 0 radical (unpaired) electrons. The van der Waals surface area contributed by atoms with Gasteiger partial charge in [-0.05, 0) is 50.8 Å². The Kier molecular flexibility index (Phi) is 10.2. The van der Waals surface area contributed by atoms with E-state index in [1.807, 2.05) is 30.3 Å². The first-order valence-electron chi connectivity index (χ1n) is 12.9. The molecule has 3 amide bonds. The predicted molar refractivity (Wildman–Crippen MR) is 149 cm³/mol. The van der Waals surface area contributed by atoms with Crippen molar-refractivity contribution in [1.82, 2.24) is 24.8 Å². The summed E-state index contributed by atoms with van der Waals surface area (Å²) in [6.45, 7) is 3.93. The van der Waals surface area contributed by atoms with Crippen molar-refractivity contribution in [3.63, 3.8) is 0 Å². The number of primary amides is 1. The van der Waals surface area contributed by atoms with Crippen molar-refractivity contribution in [3.05, 3.63) is 65.6 Å². The van der Waals surface area contributed by atoms with Gasteiger partial charge in [0, 0.05) is 6.54 Å². The number of carbonyl (C=O) groups excluding carboxylic acids is 3. The molecule has 12 nitrogen and oxygen atoms in total. The van der Waals surface area contributed by atoms with Gasteiger partial charge in [-0.1, -0.05) is 43.8 Å². The Hall–Kier alpha value is -4.03. The number of nitrogens with two attached hydrogens (primary N) is 2. The Morgan fingerprint density at radius 1 is 1.07 bits per heavy atom. The van der Waals surface area contributed by atoms with E-state index in [4.69, 9.17) is 20.9 Å². The van der Waals surface area contributed by atoms with Crippen LogP contribution in [-0.4, -0.2) is 62.1 Å². The summed E-state index contributed by atoms with van der Waals surface area (Å²) in [5.74, 6) is -0.541. The number of hydrogen-bond acceptors (Lipinski definition) is 8. The summed E-state index contributed by atoms with van der Waals surface area (Å²) in [6.07, 6.45) is 1.48. The number of amides is 3. The van der Waals surface area contributed by atoms with Crippen molar-refractivity contribution in [2.75, 3.05) is 13.2 Å². The van der Waals surface area contributed by atoms with Crippen LogP contribution in [0.4, 0.5) is 4.79 Å². The zero-order valence-corrected chi connectivity index (χ0v) is 22.2. The molecule has 1 aliphatic rings. The quantitative estimate of drug-likeness (QED) is 0.344. The maximum atomic E-state index is 12.9. The fourth-order valence-corrected chi connectivity index (χ4v) is 4.43. The van der Waals surface area contributed by atoms with E-state index in [0.29, 0.717) is 36.7 Å². The Bertz CT molecular complexity index is 1310. The summed E-state index contributed by atoms with van der Waals surface area (Å²) >= 11 is 0. The number of ether oxygens (including phenoxy) is 2. The van der Waals surface area contributed by atoms with Gasteiger partial charge in [0.15, 0.2) is 11.5 Å². The molecule has 216 valence electrons. The fraction of sp³-hybridized carbons (Fsp3) is 0.464. The van der Waals surface area contributed by atoms with E-state index < -0.39 is 29.6 Å². The zero-order chi connectivity index (χ0) is 28.0. The molecular formula is C28H39N7O5. The molecule has 0 saturated carbocycles. The van der Waals surface area contributed by atoms with Crippen molar-refractivity contribution >= 4 is 23.6 Å². The fourth-order valence-electron chi connectivity index (χ4n) is 4.43. The van der Waals surface area contributed by atoms with Gasteiger partial charge in [0.05, 0.1) is 24.4 Å². The number of pyridine rings is 1. The zero-order valence-electron chi connectivity index (χ0n) is 22.2. The number of likely N-dealkylation sites (tertiary alicyclic amines) is 1. The molecule has 0 aliphatic carbocycles. The molecule has 3 heterocycles. The number of piperidine rings is 1. The van der Waals surface area contributed by atoms with E-state index in [-0.39, 0.29) is 26.5 Å². The monoisotopic (exact) mass is 553 g/mol. The minimum absolute atomic E-state index is 0. The van der Waals surface area contributed by atoms with Crippen molar-refractivity contribution in [3.8, 4) is 0 Å². The van der Waals surface area contributed by atoms with Crippen LogP contribution in [0.25, 0.3) is 5.65 Å². The maximum Gasteiger partial charge on any atom is 0.410 e. The van der Waals surface area contributed by atoms with Crippen LogP contribution in [0.15, 0.2) is 48.5 Å². The third kappa shape index (κ3) is 7.33. The van der Waals surface area contributed by atoms with Gasteiger partial charge < -0.3 is 26.3 Å². The molecule has 12 heteroatoms. The van der Waals surface area contributed by atoms with Gasteiger partial charge in [0.25, 0.3) is 0 Å². The molecule has 4 rings (SSSR count). The molecule has 3 aromatic rings.